The molecule has 80 valence electrons. The first-order valence-corrected chi connectivity index (χ1v) is 4.98. The molecular weight excluding hydrogens is 222 g/mol. The maximum absolute atomic E-state index is 11.1. The van der Waals surface area contributed by atoms with E-state index in [1.165, 1.54) is 24.3 Å². The Balaban J connectivity index is 3.10. The zero-order chi connectivity index (χ0) is 11.4. The number of benzene rings is 1. The van der Waals surface area contributed by atoms with Crippen LogP contribution >= 0.6 is 0 Å². The van der Waals surface area contributed by atoms with Crippen molar-refractivity contribution in [3.63, 3.8) is 0 Å². The van der Waals surface area contributed by atoms with E-state index in [9.17, 15) is 19.1 Å². The summed E-state index contributed by atoms with van der Waals surface area (Å²) in [6.07, 6.45) is 0. The van der Waals surface area contributed by atoms with Gasteiger partial charge in [-0.2, -0.15) is 0 Å². The maximum atomic E-state index is 11.1. The lowest BCUT2D eigenvalue weighted by Crippen LogP contribution is -2.24. The third-order valence-electron chi connectivity index (χ3n) is 1.72. The largest absolute Gasteiger partial charge is 0.324 e. The monoisotopic (exact) mass is 229 g/mol. The molecule has 1 aromatic carbocycles. The van der Waals surface area contributed by atoms with Crippen molar-refractivity contribution < 1.29 is 18.5 Å². The minimum Gasteiger partial charge on any atom is -0.300 e. The minimum absolute atomic E-state index is 0.0925. The predicted octanol–water partition coefficient (Wildman–Crippen LogP) is 0.753. The summed E-state index contributed by atoms with van der Waals surface area (Å²) in [6, 6.07) is 5.59. The summed E-state index contributed by atoms with van der Waals surface area (Å²) in [5.41, 5.74) is 0.0925. The highest BCUT2D eigenvalue weighted by Gasteiger charge is 2.35. The Bertz CT molecular complexity index is 405. The molecule has 0 aromatic heterocycles. The highest BCUT2D eigenvalue weighted by Crippen LogP contribution is 2.18. The normalized spacial score (nSPS) is 14.2. The Labute approximate surface area is 87.4 Å². The van der Waals surface area contributed by atoms with E-state index < -0.39 is 27.2 Å². The fourth-order valence-corrected chi connectivity index (χ4v) is 1.49. The third kappa shape index (κ3) is 2.67. The van der Waals surface area contributed by atoms with Crippen LogP contribution in [0, 0.1) is 10.1 Å². The number of carbonyl (C=O) groups excluding carboxylic acids is 1. The zero-order valence-corrected chi connectivity index (χ0v) is 8.22. The van der Waals surface area contributed by atoms with E-state index in [4.69, 9.17) is 4.55 Å². The average Bonchev–Trinajstić information content (AvgIpc) is 2.18. The summed E-state index contributed by atoms with van der Waals surface area (Å²) >= 11 is -2.84. The lowest BCUT2D eigenvalue weighted by atomic mass is 10.1. The van der Waals surface area contributed by atoms with Crippen LogP contribution in [0.15, 0.2) is 30.3 Å². The van der Waals surface area contributed by atoms with Crippen molar-refractivity contribution in [2.75, 3.05) is 0 Å². The van der Waals surface area contributed by atoms with Crippen molar-refractivity contribution in [1.29, 1.82) is 0 Å². The molecule has 0 saturated carbocycles. The maximum Gasteiger partial charge on any atom is 0.324 e. The number of hydrogen-bond donors (Lipinski definition) is 1. The number of hydrogen-bond acceptors (Lipinski definition) is 4. The van der Waals surface area contributed by atoms with Crippen molar-refractivity contribution in [2.24, 2.45) is 0 Å². The zero-order valence-electron chi connectivity index (χ0n) is 7.40. The molecule has 0 radical (unpaired) electrons. The van der Waals surface area contributed by atoms with Gasteiger partial charge in [0.2, 0.25) is 11.1 Å². The molecule has 7 heteroatoms. The average molecular weight is 229 g/mol. The quantitative estimate of drug-likeness (QED) is 0.468. The van der Waals surface area contributed by atoms with Crippen LogP contribution in [0.25, 0.3) is 0 Å². The SMILES string of the molecule is O=C(C(c1ccccc1)[N+](=O)[O-])S(=O)O. The van der Waals surface area contributed by atoms with E-state index in [0.717, 1.165) is 0 Å². The summed E-state index contributed by atoms with van der Waals surface area (Å²) in [6.45, 7) is 0. The molecule has 6 nitrogen and oxygen atoms in total. The van der Waals surface area contributed by atoms with Gasteiger partial charge in [-0.15, -0.1) is 0 Å². The van der Waals surface area contributed by atoms with Crippen LogP contribution in [-0.2, 0) is 15.9 Å². The molecule has 0 spiro atoms. The van der Waals surface area contributed by atoms with Crippen LogP contribution in [-0.4, -0.2) is 18.8 Å². The molecule has 0 bridgehead atoms. The van der Waals surface area contributed by atoms with Crippen molar-refractivity contribution in [3.8, 4) is 0 Å². The fourth-order valence-electron chi connectivity index (χ4n) is 1.07. The summed E-state index contributed by atoms with van der Waals surface area (Å²) in [5.74, 6) is 0. The lowest BCUT2D eigenvalue weighted by molar-refractivity contribution is -0.511. The second-order valence-electron chi connectivity index (χ2n) is 2.67. The fraction of sp³-hybridized carbons (Fsp3) is 0.125. The van der Waals surface area contributed by atoms with Crippen LogP contribution in [0.3, 0.4) is 0 Å². The molecule has 2 atom stereocenters. The second kappa shape index (κ2) is 4.76. The van der Waals surface area contributed by atoms with Crippen LogP contribution in [0.1, 0.15) is 11.6 Å². The van der Waals surface area contributed by atoms with Crippen molar-refractivity contribution in [2.45, 2.75) is 6.04 Å². The van der Waals surface area contributed by atoms with E-state index in [1.807, 2.05) is 0 Å². The van der Waals surface area contributed by atoms with E-state index in [-0.39, 0.29) is 5.56 Å². The van der Waals surface area contributed by atoms with Gasteiger partial charge in [-0.05, 0) is 0 Å². The molecule has 2 unspecified atom stereocenters. The van der Waals surface area contributed by atoms with E-state index in [2.05, 4.69) is 0 Å². The van der Waals surface area contributed by atoms with Crippen LogP contribution in [0.5, 0.6) is 0 Å². The molecule has 0 saturated heterocycles. The molecule has 1 rings (SSSR count). The van der Waals surface area contributed by atoms with Gasteiger partial charge >= 0.3 is 11.2 Å². The molecule has 1 aromatic rings. The molecule has 15 heavy (non-hydrogen) atoms. The molecule has 0 heterocycles. The summed E-state index contributed by atoms with van der Waals surface area (Å²) in [5, 5.41) is 9.26. The van der Waals surface area contributed by atoms with Gasteiger partial charge in [0, 0.05) is 10.5 Å². The van der Waals surface area contributed by atoms with Crippen LogP contribution < -0.4 is 0 Å². The summed E-state index contributed by atoms with van der Waals surface area (Å²) < 4.78 is 19.0. The number of rotatable bonds is 3. The molecule has 0 aliphatic rings. The van der Waals surface area contributed by atoms with Gasteiger partial charge in [0.15, 0.2) is 0 Å². The Hall–Kier alpha value is -1.60. The molecular formula is C8H7NO5S. The van der Waals surface area contributed by atoms with Crippen LogP contribution in [0.2, 0.25) is 0 Å². The third-order valence-corrected chi connectivity index (χ3v) is 2.29. The molecule has 1 N–H and O–H groups in total. The Morgan fingerprint density at radius 3 is 2.33 bits per heavy atom. The topological polar surface area (TPSA) is 97.5 Å². The first kappa shape index (κ1) is 11.5. The van der Waals surface area contributed by atoms with Gasteiger partial charge in [-0.1, -0.05) is 30.3 Å². The number of carbonyl (C=O) groups is 1. The molecule has 0 aliphatic carbocycles. The van der Waals surface area contributed by atoms with Gasteiger partial charge in [-0.3, -0.25) is 19.5 Å². The smallest absolute Gasteiger partial charge is 0.300 e. The highest BCUT2D eigenvalue weighted by molar-refractivity contribution is 7.95. The van der Waals surface area contributed by atoms with Gasteiger partial charge < -0.3 is 0 Å². The molecule has 0 aliphatic heterocycles. The highest BCUT2D eigenvalue weighted by atomic mass is 32.2. The number of nitro groups is 1. The van der Waals surface area contributed by atoms with E-state index in [1.54, 1.807) is 6.07 Å². The lowest BCUT2D eigenvalue weighted by Gasteiger charge is -2.05. The summed E-state index contributed by atoms with van der Waals surface area (Å²) in [4.78, 5) is 20.8. The van der Waals surface area contributed by atoms with Crippen LogP contribution in [0.4, 0.5) is 0 Å². The standard InChI is InChI=1S/C8H7NO5S/c10-8(15(13)14)7(9(11)12)6-4-2-1-3-5-6/h1-5,7H,(H,13,14). The predicted molar refractivity (Wildman–Crippen MR) is 52.0 cm³/mol. The van der Waals surface area contributed by atoms with E-state index in [0.29, 0.717) is 0 Å². The van der Waals surface area contributed by atoms with Crippen molar-refractivity contribution in [1.82, 2.24) is 0 Å². The van der Waals surface area contributed by atoms with Gasteiger partial charge in [0.25, 0.3) is 0 Å². The second-order valence-corrected chi connectivity index (χ2v) is 3.57. The van der Waals surface area contributed by atoms with Gasteiger partial charge in [0.1, 0.15) is 0 Å². The van der Waals surface area contributed by atoms with Crippen molar-refractivity contribution >= 4 is 16.2 Å². The number of nitrogens with zero attached hydrogens (tertiary/aromatic N) is 1. The Kier molecular flexibility index (Phi) is 3.64. The minimum atomic E-state index is -2.84. The Morgan fingerprint density at radius 2 is 1.93 bits per heavy atom. The van der Waals surface area contributed by atoms with Gasteiger partial charge in [0.05, 0.1) is 0 Å². The molecule has 0 amide bonds. The first-order chi connectivity index (χ1) is 7.04. The van der Waals surface area contributed by atoms with E-state index >= 15 is 0 Å². The summed E-state index contributed by atoms with van der Waals surface area (Å²) in [7, 11) is 0. The Morgan fingerprint density at radius 1 is 1.40 bits per heavy atom. The molecule has 0 fully saturated rings. The van der Waals surface area contributed by atoms with Crippen molar-refractivity contribution in [3.05, 3.63) is 46.0 Å². The first-order valence-electron chi connectivity index (χ1n) is 3.87. The van der Waals surface area contributed by atoms with Gasteiger partial charge in [-0.25, -0.2) is 4.21 Å².